The number of carbonyl (C=O) groups is 2. The summed E-state index contributed by atoms with van der Waals surface area (Å²) in [5, 5.41) is 6.03. The molecule has 3 N–H and O–H groups in total. The number of nitrogens with zero attached hydrogens (tertiary/aromatic N) is 1. The summed E-state index contributed by atoms with van der Waals surface area (Å²) in [5.41, 5.74) is 6.17. The fourth-order valence-electron chi connectivity index (χ4n) is 5.74. The summed E-state index contributed by atoms with van der Waals surface area (Å²) in [4.78, 5) is 30.7. The first-order valence-corrected chi connectivity index (χ1v) is 13.6. The Morgan fingerprint density at radius 1 is 1.26 bits per heavy atom. The second kappa shape index (κ2) is 12.0. The summed E-state index contributed by atoms with van der Waals surface area (Å²) in [7, 11) is 0. The van der Waals surface area contributed by atoms with Crippen LogP contribution in [0.5, 0.6) is 0 Å². The van der Waals surface area contributed by atoms with Crippen molar-refractivity contribution in [2.45, 2.75) is 45.2 Å². The van der Waals surface area contributed by atoms with Gasteiger partial charge in [0.25, 0.3) is 5.91 Å². The number of halogens is 1. The Labute approximate surface area is 228 Å². The van der Waals surface area contributed by atoms with E-state index in [9.17, 15) is 14.0 Å². The zero-order valence-corrected chi connectivity index (χ0v) is 22.4. The number of ether oxygens (including phenoxy) is 1. The van der Waals surface area contributed by atoms with Crippen LogP contribution in [-0.2, 0) is 14.3 Å². The number of morpholine rings is 1. The van der Waals surface area contributed by atoms with Crippen LogP contribution in [0.15, 0.2) is 82.4 Å². The fourth-order valence-corrected chi connectivity index (χ4v) is 5.74. The third kappa shape index (κ3) is 5.67. The molecule has 39 heavy (non-hydrogen) atoms. The Kier molecular flexibility index (Phi) is 8.24. The number of H-pyrrole nitrogens is 1. The van der Waals surface area contributed by atoms with Crippen LogP contribution in [0.1, 0.15) is 49.2 Å². The normalized spacial score (nSPS) is 22.4. The van der Waals surface area contributed by atoms with E-state index < -0.39 is 0 Å². The van der Waals surface area contributed by atoms with E-state index in [0.717, 1.165) is 65.3 Å². The number of hydrogen-bond acceptors (Lipinski definition) is 4. The summed E-state index contributed by atoms with van der Waals surface area (Å²) >= 11 is 0. The highest BCUT2D eigenvalue weighted by Gasteiger charge is 2.33. The van der Waals surface area contributed by atoms with E-state index in [-0.39, 0.29) is 30.2 Å². The van der Waals surface area contributed by atoms with Crippen LogP contribution < -0.4 is 10.6 Å². The molecular weight excluding hydrogens is 495 g/mol. The van der Waals surface area contributed by atoms with E-state index >= 15 is 0 Å². The van der Waals surface area contributed by atoms with Gasteiger partial charge in [0.2, 0.25) is 6.41 Å². The van der Waals surface area contributed by atoms with Crippen LogP contribution >= 0.6 is 0 Å². The Morgan fingerprint density at radius 2 is 2.08 bits per heavy atom. The average molecular weight is 531 g/mol. The zero-order chi connectivity index (χ0) is 27.4. The van der Waals surface area contributed by atoms with Crippen molar-refractivity contribution in [2.24, 2.45) is 0 Å². The van der Waals surface area contributed by atoms with Gasteiger partial charge in [0.1, 0.15) is 5.83 Å². The maximum atomic E-state index is 14.4. The summed E-state index contributed by atoms with van der Waals surface area (Å²) in [6.45, 7) is 7.08. The number of nitrogens with one attached hydrogen (secondary N) is 3. The van der Waals surface area contributed by atoms with Gasteiger partial charge < -0.3 is 20.4 Å². The first kappa shape index (κ1) is 26.8. The number of aryl methyl sites for hydroxylation is 1. The smallest absolute Gasteiger partial charge is 0.256 e. The number of rotatable bonds is 8. The molecule has 7 nitrogen and oxygen atoms in total. The zero-order valence-electron chi connectivity index (χ0n) is 22.4. The van der Waals surface area contributed by atoms with E-state index in [2.05, 4.69) is 27.4 Å². The monoisotopic (exact) mass is 530 g/mol. The van der Waals surface area contributed by atoms with Crippen LogP contribution in [-0.4, -0.2) is 54.5 Å². The van der Waals surface area contributed by atoms with Gasteiger partial charge in [-0.2, -0.15) is 0 Å². The predicted octanol–water partition coefficient (Wildman–Crippen LogP) is 4.61. The van der Waals surface area contributed by atoms with Crippen molar-refractivity contribution >= 4 is 18.4 Å². The molecule has 8 heteroatoms. The first-order valence-electron chi connectivity index (χ1n) is 13.6. The summed E-state index contributed by atoms with van der Waals surface area (Å²) in [6.07, 6.45) is 17.4. The molecule has 204 valence electrons. The maximum Gasteiger partial charge on any atom is 0.256 e. The van der Waals surface area contributed by atoms with Gasteiger partial charge in [-0.25, -0.2) is 4.39 Å². The first-order chi connectivity index (χ1) is 19.0. The minimum atomic E-state index is -0.240. The van der Waals surface area contributed by atoms with Crippen LogP contribution in [0, 0.1) is 6.92 Å². The lowest BCUT2D eigenvalue weighted by Crippen LogP contribution is -2.49. The van der Waals surface area contributed by atoms with Crippen molar-refractivity contribution in [2.75, 3.05) is 26.3 Å². The van der Waals surface area contributed by atoms with Crippen molar-refractivity contribution in [1.82, 2.24) is 20.5 Å². The lowest BCUT2D eigenvalue weighted by molar-refractivity contribution is -0.115. The molecule has 0 spiro atoms. The van der Waals surface area contributed by atoms with Gasteiger partial charge in [-0.3, -0.25) is 14.5 Å². The lowest BCUT2D eigenvalue weighted by Gasteiger charge is -2.38. The van der Waals surface area contributed by atoms with Gasteiger partial charge in [-0.1, -0.05) is 43.4 Å². The molecule has 1 aromatic heterocycles. The highest BCUT2D eigenvalue weighted by molar-refractivity contribution is 6.09. The summed E-state index contributed by atoms with van der Waals surface area (Å²) < 4.78 is 19.9. The van der Waals surface area contributed by atoms with Crippen LogP contribution in [0.3, 0.4) is 0 Å². The molecule has 2 fully saturated rings. The molecule has 2 amide bonds. The molecule has 0 radical (unpaired) electrons. The second-order valence-corrected chi connectivity index (χ2v) is 10.1. The van der Waals surface area contributed by atoms with E-state index in [1.54, 1.807) is 12.2 Å². The molecule has 0 saturated carbocycles. The predicted molar refractivity (Wildman–Crippen MR) is 150 cm³/mol. The molecule has 0 aromatic carbocycles. The summed E-state index contributed by atoms with van der Waals surface area (Å²) in [6, 6.07) is 1.90. The fraction of sp³-hybridized carbons (Fsp3) is 0.355. The van der Waals surface area contributed by atoms with Crippen LogP contribution in [0.25, 0.3) is 6.08 Å². The number of carbonyl (C=O) groups excluding carboxylic acids is 2. The Balaban J connectivity index is 1.56. The molecule has 2 aliphatic heterocycles. The molecule has 3 heterocycles. The molecule has 1 aromatic rings. The van der Waals surface area contributed by atoms with Crippen molar-refractivity contribution in [3.63, 3.8) is 0 Å². The number of fused-ring (bicyclic) bond motifs is 1. The van der Waals surface area contributed by atoms with Gasteiger partial charge in [0.05, 0.1) is 24.8 Å². The molecule has 2 aliphatic carbocycles. The number of hydrogen-bond donors (Lipinski definition) is 3. The number of aromatic amines is 1. The van der Waals surface area contributed by atoms with Gasteiger partial charge >= 0.3 is 0 Å². The Morgan fingerprint density at radius 3 is 2.85 bits per heavy atom. The molecular formula is C31H35FN4O3. The van der Waals surface area contributed by atoms with Crippen molar-refractivity contribution in [1.29, 1.82) is 0 Å². The van der Waals surface area contributed by atoms with Crippen molar-refractivity contribution in [3.05, 3.63) is 99.4 Å². The van der Waals surface area contributed by atoms with E-state index in [4.69, 9.17) is 4.74 Å². The lowest BCUT2D eigenvalue weighted by atomic mass is 9.93. The maximum absolute atomic E-state index is 14.4. The SMILES string of the molecule is CCC(C(NC=O)c1cc(C)c(/C=C2\C(=O)NC3=CCC=CC(C4=CC=CCC(F)=C4)=C32)[nH]1)N1CCOCC1. The van der Waals surface area contributed by atoms with Crippen molar-refractivity contribution in [3.8, 4) is 0 Å². The highest BCUT2D eigenvalue weighted by Crippen LogP contribution is 2.37. The minimum absolute atomic E-state index is 0.0974. The molecule has 2 atom stereocenters. The van der Waals surface area contributed by atoms with E-state index in [1.807, 2.05) is 49.4 Å². The Bertz CT molecular complexity index is 1350. The number of allylic oxidation sites excluding steroid dienone is 11. The summed E-state index contributed by atoms with van der Waals surface area (Å²) in [5.74, 6) is -0.422. The van der Waals surface area contributed by atoms with Gasteiger partial charge in [0.15, 0.2) is 0 Å². The van der Waals surface area contributed by atoms with Crippen molar-refractivity contribution < 1.29 is 18.7 Å². The molecule has 2 unspecified atom stereocenters. The molecule has 4 aliphatic rings. The van der Waals surface area contributed by atoms with Gasteiger partial charge in [-0.05, 0) is 54.7 Å². The third-order valence-corrected chi connectivity index (χ3v) is 7.66. The number of aromatic nitrogens is 1. The van der Waals surface area contributed by atoms with Gasteiger partial charge in [0, 0.05) is 48.2 Å². The minimum Gasteiger partial charge on any atom is -0.379 e. The molecule has 2 saturated heterocycles. The Hall–Kier alpha value is -3.75. The quantitative estimate of drug-likeness (QED) is 0.338. The van der Waals surface area contributed by atoms with Crippen LogP contribution in [0.2, 0.25) is 0 Å². The standard InChI is InChI=1S/C31H35FN4O3/c1-3-28(36-12-14-39-15-13-36)30(33-19-37)27-16-20(2)26(34-27)18-24-29-23(21-8-4-5-9-22(32)17-21)10-6-7-11-25(29)35-31(24)38/h4-6,8,10-11,16-19,28,30,34H,3,7,9,12-15H2,1-2H3,(H,33,37)(H,35,38)/b24-18-. The molecule has 5 rings (SSSR count). The third-order valence-electron chi connectivity index (χ3n) is 7.66. The highest BCUT2D eigenvalue weighted by atomic mass is 19.1. The second-order valence-electron chi connectivity index (χ2n) is 10.1. The largest absolute Gasteiger partial charge is 0.379 e. The van der Waals surface area contributed by atoms with Crippen LogP contribution in [0.4, 0.5) is 4.39 Å². The topological polar surface area (TPSA) is 86.5 Å². The van der Waals surface area contributed by atoms with Gasteiger partial charge in [-0.15, -0.1) is 0 Å². The number of amides is 2. The average Bonchev–Trinajstić information content (AvgIpc) is 3.24. The van der Waals surface area contributed by atoms with E-state index in [0.29, 0.717) is 25.2 Å². The van der Waals surface area contributed by atoms with E-state index in [1.165, 1.54) is 0 Å². The molecule has 0 bridgehead atoms.